The molecular formula is C16H28N2O3S. The smallest absolute Gasteiger partial charge is 0.407 e. The summed E-state index contributed by atoms with van der Waals surface area (Å²) in [6.07, 6.45) is 2.58. The topological polar surface area (TPSA) is 63.5 Å². The van der Waals surface area contributed by atoms with Gasteiger partial charge in [0.1, 0.15) is 17.1 Å². The van der Waals surface area contributed by atoms with Gasteiger partial charge in [-0.1, -0.05) is 6.92 Å². The van der Waals surface area contributed by atoms with Gasteiger partial charge in [-0.2, -0.15) is 11.8 Å². The molecule has 22 heavy (non-hydrogen) atoms. The molecule has 0 saturated carbocycles. The molecule has 0 aliphatic heterocycles. The molecule has 126 valence electrons. The zero-order valence-corrected chi connectivity index (χ0v) is 15.0. The maximum Gasteiger partial charge on any atom is 0.407 e. The van der Waals surface area contributed by atoms with Crippen molar-refractivity contribution in [1.29, 1.82) is 0 Å². The van der Waals surface area contributed by atoms with Crippen molar-refractivity contribution in [3.8, 4) is 0 Å². The zero-order valence-electron chi connectivity index (χ0n) is 14.2. The first-order chi connectivity index (χ1) is 10.3. The minimum absolute atomic E-state index is 0.182. The van der Waals surface area contributed by atoms with Crippen molar-refractivity contribution < 1.29 is 13.9 Å². The first kappa shape index (κ1) is 18.9. The third kappa shape index (κ3) is 7.75. The summed E-state index contributed by atoms with van der Waals surface area (Å²) in [6.45, 7) is 8.82. The van der Waals surface area contributed by atoms with Crippen LogP contribution in [0, 0.1) is 0 Å². The SMILES string of the molecule is CCC(CNC(=O)OC(C)(C)C)NCc1ccc(CSC)o1. The molecule has 0 aliphatic carbocycles. The number of hydrogen-bond donors (Lipinski definition) is 2. The van der Waals surface area contributed by atoms with Gasteiger partial charge in [0.15, 0.2) is 0 Å². The van der Waals surface area contributed by atoms with Gasteiger partial charge in [0.2, 0.25) is 0 Å². The number of nitrogens with one attached hydrogen (secondary N) is 2. The number of hydrogen-bond acceptors (Lipinski definition) is 5. The first-order valence-electron chi connectivity index (χ1n) is 7.60. The Kier molecular flexibility index (Phi) is 7.82. The summed E-state index contributed by atoms with van der Waals surface area (Å²) in [5.74, 6) is 2.79. The Bertz CT molecular complexity index is 454. The molecule has 0 aromatic carbocycles. The summed E-state index contributed by atoms with van der Waals surface area (Å²) in [5.41, 5.74) is -0.471. The molecule has 0 aliphatic rings. The third-order valence-electron chi connectivity index (χ3n) is 2.95. The lowest BCUT2D eigenvalue weighted by atomic mass is 10.2. The fourth-order valence-corrected chi connectivity index (χ4v) is 2.30. The molecular weight excluding hydrogens is 300 g/mol. The summed E-state index contributed by atoms with van der Waals surface area (Å²) >= 11 is 1.74. The number of rotatable bonds is 8. The van der Waals surface area contributed by atoms with E-state index in [1.807, 2.05) is 32.9 Å². The van der Waals surface area contributed by atoms with Crippen molar-refractivity contribution in [2.75, 3.05) is 12.8 Å². The maximum absolute atomic E-state index is 11.6. The lowest BCUT2D eigenvalue weighted by Gasteiger charge is -2.22. The number of alkyl carbamates (subject to hydrolysis) is 1. The summed E-state index contributed by atoms with van der Waals surface area (Å²) in [4.78, 5) is 11.6. The van der Waals surface area contributed by atoms with Gasteiger partial charge in [0.05, 0.1) is 12.3 Å². The van der Waals surface area contributed by atoms with Gasteiger partial charge in [-0.3, -0.25) is 0 Å². The second kappa shape index (κ2) is 9.10. The lowest BCUT2D eigenvalue weighted by Crippen LogP contribution is -2.42. The maximum atomic E-state index is 11.6. The molecule has 5 nitrogen and oxygen atoms in total. The molecule has 1 amide bonds. The highest BCUT2D eigenvalue weighted by Gasteiger charge is 2.17. The van der Waals surface area contributed by atoms with Gasteiger partial charge in [0.25, 0.3) is 0 Å². The van der Waals surface area contributed by atoms with Crippen molar-refractivity contribution in [3.05, 3.63) is 23.7 Å². The average Bonchev–Trinajstić information content (AvgIpc) is 2.85. The monoisotopic (exact) mass is 328 g/mol. The van der Waals surface area contributed by atoms with Crippen LogP contribution in [0.5, 0.6) is 0 Å². The van der Waals surface area contributed by atoms with E-state index in [-0.39, 0.29) is 12.1 Å². The normalized spacial score (nSPS) is 13.0. The number of carbonyl (C=O) groups excluding carboxylic acids is 1. The van der Waals surface area contributed by atoms with Gasteiger partial charge in [0, 0.05) is 12.6 Å². The third-order valence-corrected chi connectivity index (χ3v) is 3.53. The number of amides is 1. The van der Waals surface area contributed by atoms with E-state index >= 15 is 0 Å². The largest absolute Gasteiger partial charge is 0.464 e. The molecule has 1 heterocycles. The molecule has 6 heteroatoms. The minimum Gasteiger partial charge on any atom is -0.464 e. The molecule has 1 rings (SSSR count). The van der Waals surface area contributed by atoms with Crippen LogP contribution in [0.15, 0.2) is 16.5 Å². The van der Waals surface area contributed by atoms with Crippen LogP contribution in [-0.4, -0.2) is 30.5 Å². The van der Waals surface area contributed by atoms with Gasteiger partial charge in [-0.25, -0.2) is 4.79 Å². The van der Waals surface area contributed by atoms with Crippen molar-refractivity contribution in [2.24, 2.45) is 0 Å². The molecule has 2 N–H and O–H groups in total. The molecule has 0 bridgehead atoms. The van der Waals surface area contributed by atoms with Gasteiger partial charge in [-0.05, 0) is 45.6 Å². The lowest BCUT2D eigenvalue weighted by molar-refractivity contribution is 0.0522. The molecule has 1 atom stereocenters. The molecule has 0 spiro atoms. The number of ether oxygens (including phenoxy) is 1. The second-order valence-electron chi connectivity index (χ2n) is 6.17. The fourth-order valence-electron chi connectivity index (χ4n) is 1.86. The van der Waals surface area contributed by atoms with E-state index in [0.29, 0.717) is 13.1 Å². The Hall–Kier alpha value is -1.14. The van der Waals surface area contributed by atoms with Crippen LogP contribution < -0.4 is 10.6 Å². The van der Waals surface area contributed by atoms with Crippen LogP contribution >= 0.6 is 11.8 Å². The summed E-state index contributed by atoms with van der Waals surface area (Å²) in [5, 5.41) is 6.18. The Balaban J connectivity index is 2.33. The van der Waals surface area contributed by atoms with Crippen LogP contribution in [-0.2, 0) is 17.0 Å². The zero-order chi connectivity index (χ0) is 16.6. The van der Waals surface area contributed by atoms with E-state index in [1.54, 1.807) is 11.8 Å². The molecule has 1 unspecified atom stereocenters. The molecule has 0 fully saturated rings. The van der Waals surface area contributed by atoms with Crippen LogP contribution in [0.2, 0.25) is 0 Å². The highest BCUT2D eigenvalue weighted by Crippen LogP contribution is 2.13. The van der Waals surface area contributed by atoms with E-state index in [0.717, 1.165) is 23.7 Å². The van der Waals surface area contributed by atoms with Crippen LogP contribution in [0.1, 0.15) is 45.6 Å². The Morgan fingerprint density at radius 2 is 2.05 bits per heavy atom. The highest BCUT2D eigenvalue weighted by atomic mass is 32.2. The molecule has 1 aromatic heterocycles. The Morgan fingerprint density at radius 3 is 2.64 bits per heavy atom. The second-order valence-corrected chi connectivity index (χ2v) is 7.04. The van der Waals surface area contributed by atoms with E-state index in [9.17, 15) is 4.79 Å². The van der Waals surface area contributed by atoms with Crippen molar-refractivity contribution in [3.63, 3.8) is 0 Å². The summed E-state index contributed by atoms with van der Waals surface area (Å²) in [7, 11) is 0. The quantitative estimate of drug-likeness (QED) is 0.764. The average molecular weight is 328 g/mol. The predicted molar refractivity (Wildman–Crippen MR) is 91.1 cm³/mol. The van der Waals surface area contributed by atoms with Crippen molar-refractivity contribution in [1.82, 2.24) is 10.6 Å². The standard InChI is InChI=1S/C16H28N2O3S/c1-6-12(9-18-15(19)21-16(2,3)4)17-10-13-7-8-14(20-13)11-22-5/h7-8,12,17H,6,9-11H2,1-5H3,(H,18,19). The first-order valence-corrected chi connectivity index (χ1v) is 9.00. The van der Waals surface area contributed by atoms with Crippen molar-refractivity contribution in [2.45, 2.75) is 58.1 Å². The minimum atomic E-state index is -0.471. The fraction of sp³-hybridized carbons (Fsp3) is 0.688. The Morgan fingerprint density at radius 1 is 1.36 bits per heavy atom. The molecule has 0 radical (unpaired) electrons. The van der Waals surface area contributed by atoms with Crippen molar-refractivity contribution >= 4 is 17.9 Å². The number of carbonyl (C=O) groups is 1. The summed E-state index contributed by atoms with van der Waals surface area (Å²) in [6, 6.07) is 4.18. The van der Waals surface area contributed by atoms with E-state index < -0.39 is 5.60 Å². The number of furan rings is 1. The number of thioether (sulfide) groups is 1. The van der Waals surface area contributed by atoms with E-state index in [4.69, 9.17) is 9.15 Å². The van der Waals surface area contributed by atoms with E-state index in [1.165, 1.54) is 0 Å². The highest BCUT2D eigenvalue weighted by molar-refractivity contribution is 7.97. The van der Waals surface area contributed by atoms with E-state index in [2.05, 4.69) is 23.8 Å². The van der Waals surface area contributed by atoms with Crippen LogP contribution in [0.3, 0.4) is 0 Å². The van der Waals surface area contributed by atoms with Crippen LogP contribution in [0.4, 0.5) is 4.79 Å². The predicted octanol–water partition coefficient (Wildman–Crippen LogP) is 3.54. The molecule has 1 aromatic rings. The van der Waals surface area contributed by atoms with Gasteiger partial charge in [-0.15, -0.1) is 0 Å². The van der Waals surface area contributed by atoms with Gasteiger partial charge >= 0.3 is 6.09 Å². The summed E-state index contributed by atoms with van der Waals surface area (Å²) < 4.78 is 10.9. The molecule has 0 saturated heterocycles. The Labute approximate surface area is 137 Å². The van der Waals surface area contributed by atoms with Gasteiger partial charge < -0.3 is 19.8 Å². The van der Waals surface area contributed by atoms with Crippen LogP contribution in [0.25, 0.3) is 0 Å².